The lowest BCUT2D eigenvalue weighted by Gasteiger charge is -2.06. The average Bonchev–Trinajstić information content (AvgIpc) is 2.97. The molecule has 2 aromatic carbocycles. The van der Waals surface area contributed by atoms with Gasteiger partial charge in [0.2, 0.25) is 11.8 Å². The van der Waals surface area contributed by atoms with Crippen LogP contribution < -0.4 is 10.6 Å². The Morgan fingerprint density at radius 1 is 1.19 bits per heavy atom. The van der Waals surface area contributed by atoms with Crippen molar-refractivity contribution in [2.45, 2.75) is 11.7 Å². The lowest BCUT2D eigenvalue weighted by Crippen LogP contribution is -2.28. The molecule has 0 bridgehead atoms. The van der Waals surface area contributed by atoms with Gasteiger partial charge < -0.3 is 10.6 Å². The van der Waals surface area contributed by atoms with Crippen LogP contribution in [0.15, 0.2) is 64.8 Å². The lowest BCUT2D eigenvalue weighted by atomic mass is 10.2. The number of anilines is 1. The van der Waals surface area contributed by atoms with Gasteiger partial charge in [0.15, 0.2) is 5.17 Å². The number of hydrogen-bond donors (Lipinski definition) is 2. The van der Waals surface area contributed by atoms with Crippen LogP contribution in [-0.2, 0) is 9.59 Å². The van der Waals surface area contributed by atoms with E-state index in [1.165, 1.54) is 11.8 Å². The molecule has 6 nitrogen and oxygen atoms in total. The predicted molar refractivity (Wildman–Crippen MR) is 106 cm³/mol. The second-order valence-electron chi connectivity index (χ2n) is 5.42. The van der Waals surface area contributed by atoms with Crippen LogP contribution >= 0.6 is 23.4 Å². The Hall–Kier alpha value is -2.64. The van der Waals surface area contributed by atoms with Gasteiger partial charge in [0, 0.05) is 17.1 Å². The van der Waals surface area contributed by atoms with E-state index in [2.05, 4.69) is 20.8 Å². The van der Waals surface area contributed by atoms with Crippen LogP contribution in [0.4, 0.5) is 5.69 Å². The van der Waals surface area contributed by atoms with Gasteiger partial charge in [-0.15, -0.1) is 5.10 Å². The van der Waals surface area contributed by atoms with E-state index < -0.39 is 5.25 Å². The van der Waals surface area contributed by atoms with Crippen molar-refractivity contribution in [2.75, 3.05) is 5.32 Å². The average molecular weight is 387 g/mol. The Labute approximate surface area is 159 Å². The number of amidine groups is 1. The summed E-state index contributed by atoms with van der Waals surface area (Å²) in [6.07, 6.45) is 1.62. The van der Waals surface area contributed by atoms with Crippen molar-refractivity contribution in [2.24, 2.45) is 10.2 Å². The molecule has 2 amide bonds. The van der Waals surface area contributed by atoms with E-state index in [1.807, 2.05) is 30.3 Å². The fourth-order valence-corrected chi connectivity index (χ4v) is 3.24. The maximum atomic E-state index is 12.1. The second kappa shape index (κ2) is 8.64. The minimum Gasteiger partial charge on any atom is -0.326 e. The molecule has 0 radical (unpaired) electrons. The van der Waals surface area contributed by atoms with E-state index in [-0.39, 0.29) is 18.2 Å². The van der Waals surface area contributed by atoms with Gasteiger partial charge in [-0.25, -0.2) is 0 Å². The zero-order valence-electron chi connectivity index (χ0n) is 13.6. The van der Waals surface area contributed by atoms with Gasteiger partial charge in [-0.05, 0) is 29.8 Å². The van der Waals surface area contributed by atoms with Gasteiger partial charge >= 0.3 is 0 Å². The molecule has 2 N–H and O–H groups in total. The van der Waals surface area contributed by atoms with Gasteiger partial charge in [0.05, 0.1) is 6.21 Å². The normalized spacial score (nSPS) is 18.3. The molecule has 132 valence electrons. The van der Waals surface area contributed by atoms with Gasteiger partial charge in [-0.2, -0.15) is 5.10 Å². The SMILES string of the molecule is O=C(C[C@H]1S/C(=N\N=C/c2ccc(Cl)cc2)NC1=O)Nc1ccccc1. The third-order valence-electron chi connectivity index (χ3n) is 3.43. The van der Waals surface area contributed by atoms with Crippen molar-refractivity contribution in [1.29, 1.82) is 0 Å². The monoisotopic (exact) mass is 386 g/mol. The summed E-state index contributed by atoms with van der Waals surface area (Å²) in [5.41, 5.74) is 1.54. The Morgan fingerprint density at radius 2 is 1.92 bits per heavy atom. The first-order valence-corrected chi connectivity index (χ1v) is 9.05. The molecular weight excluding hydrogens is 372 g/mol. The number of halogens is 1. The number of carbonyl (C=O) groups is 2. The molecule has 0 spiro atoms. The Bertz CT molecular complexity index is 853. The number of thioether (sulfide) groups is 1. The van der Waals surface area contributed by atoms with Gasteiger partial charge in [-0.1, -0.05) is 53.7 Å². The number of carbonyl (C=O) groups excluding carboxylic acids is 2. The van der Waals surface area contributed by atoms with E-state index in [0.29, 0.717) is 15.9 Å². The summed E-state index contributed by atoms with van der Waals surface area (Å²) in [7, 11) is 0. The number of amides is 2. The first kappa shape index (κ1) is 18.2. The molecule has 1 aliphatic heterocycles. The van der Waals surface area contributed by atoms with Crippen LogP contribution in [0.1, 0.15) is 12.0 Å². The number of rotatable bonds is 5. The molecular formula is C18H15ClN4O2S. The van der Waals surface area contributed by atoms with E-state index in [1.54, 1.807) is 30.5 Å². The second-order valence-corrected chi connectivity index (χ2v) is 7.04. The highest BCUT2D eigenvalue weighted by Crippen LogP contribution is 2.23. The quantitative estimate of drug-likeness (QED) is 0.611. The molecule has 1 saturated heterocycles. The summed E-state index contributed by atoms with van der Waals surface area (Å²) in [4.78, 5) is 24.0. The van der Waals surface area contributed by atoms with Crippen molar-refractivity contribution in [3.63, 3.8) is 0 Å². The van der Waals surface area contributed by atoms with E-state index >= 15 is 0 Å². The molecule has 1 atom stereocenters. The minimum absolute atomic E-state index is 0.0608. The van der Waals surface area contributed by atoms with Crippen LogP contribution in [0.5, 0.6) is 0 Å². The fourth-order valence-electron chi connectivity index (χ4n) is 2.19. The highest BCUT2D eigenvalue weighted by molar-refractivity contribution is 8.15. The summed E-state index contributed by atoms with van der Waals surface area (Å²) >= 11 is 7.01. The smallest absolute Gasteiger partial charge is 0.240 e. The maximum Gasteiger partial charge on any atom is 0.240 e. The highest BCUT2D eigenvalue weighted by atomic mass is 35.5. The highest BCUT2D eigenvalue weighted by Gasteiger charge is 2.32. The maximum absolute atomic E-state index is 12.1. The van der Waals surface area contributed by atoms with Crippen molar-refractivity contribution in [1.82, 2.24) is 5.32 Å². The number of para-hydroxylation sites is 1. The van der Waals surface area contributed by atoms with Gasteiger partial charge in [0.25, 0.3) is 0 Å². The molecule has 8 heteroatoms. The molecule has 0 unspecified atom stereocenters. The van der Waals surface area contributed by atoms with E-state index in [0.717, 1.165) is 5.56 Å². The lowest BCUT2D eigenvalue weighted by molar-refractivity contribution is -0.122. The zero-order chi connectivity index (χ0) is 18.4. The number of nitrogens with zero attached hydrogens (tertiary/aromatic N) is 2. The molecule has 0 aromatic heterocycles. The molecule has 2 aromatic rings. The van der Waals surface area contributed by atoms with Crippen LogP contribution in [0.2, 0.25) is 5.02 Å². The molecule has 0 saturated carbocycles. The third-order valence-corrected chi connectivity index (χ3v) is 4.75. The molecule has 1 aliphatic rings. The minimum atomic E-state index is -0.525. The molecule has 0 aliphatic carbocycles. The van der Waals surface area contributed by atoms with E-state index in [4.69, 9.17) is 11.6 Å². The molecule has 3 rings (SSSR count). The van der Waals surface area contributed by atoms with Gasteiger partial charge in [0.1, 0.15) is 5.25 Å². The van der Waals surface area contributed by atoms with Crippen molar-refractivity contribution in [3.8, 4) is 0 Å². The van der Waals surface area contributed by atoms with Crippen LogP contribution in [0, 0.1) is 0 Å². The van der Waals surface area contributed by atoms with Crippen molar-refractivity contribution in [3.05, 3.63) is 65.2 Å². The third kappa shape index (κ3) is 5.18. The Morgan fingerprint density at radius 3 is 2.65 bits per heavy atom. The summed E-state index contributed by atoms with van der Waals surface area (Å²) in [6.45, 7) is 0. The number of hydrogen-bond acceptors (Lipinski definition) is 5. The first-order valence-electron chi connectivity index (χ1n) is 7.79. The molecule has 26 heavy (non-hydrogen) atoms. The van der Waals surface area contributed by atoms with Crippen molar-refractivity contribution >= 4 is 52.2 Å². The first-order chi connectivity index (χ1) is 12.6. The predicted octanol–water partition coefficient (Wildman–Crippen LogP) is 3.29. The molecule has 1 fully saturated rings. The van der Waals surface area contributed by atoms with Crippen LogP contribution in [0.25, 0.3) is 0 Å². The number of benzene rings is 2. The summed E-state index contributed by atoms with van der Waals surface area (Å²) in [6, 6.07) is 16.2. The largest absolute Gasteiger partial charge is 0.326 e. The Balaban J connectivity index is 1.54. The topological polar surface area (TPSA) is 82.9 Å². The van der Waals surface area contributed by atoms with Crippen LogP contribution in [0.3, 0.4) is 0 Å². The van der Waals surface area contributed by atoms with E-state index in [9.17, 15) is 9.59 Å². The van der Waals surface area contributed by atoms with Gasteiger partial charge in [-0.3, -0.25) is 9.59 Å². The summed E-state index contributed by atoms with van der Waals surface area (Å²) in [5, 5.41) is 13.8. The fraction of sp³-hybridized carbons (Fsp3) is 0.111. The number of nitrogens with one attached hydrogen (secondary N) is 2. The van der Waals surface area contributed by atoms with Crippen LogP contribution in [-0.4, -0.2) is 28.4 Å². The summed E-state index contributed by atoms with van der Waals surface area (Å²) in [5.74, 6) is -0.478. The Kier molecular flexibility index (Phi) is 6.04. The zero-order valence-corrected chi connectivity index (χ0v) is 15.1. The molecule has 1 heterocycles. The standard InChI is InChI=1S/C18H15ClN4O2S/c19-13-8-6-12(7-9-13)11-20-23-18-22-17(25)15(26-18)10-16(24)21-14-4-2-1-3-5-14/h1-9,11,15H,10H2,(H,21,24)(H,22,23,25)/b20-11-/t15-/m1/s1. The summed E-state index contributed by atoms with van der Waals surface area (Å²) < 4.78 is 0. The van der Waals surface area contributed by atoms with Crippen molar-refractivity contribution < 1.29 is 9.59 Å².